The zero-order chi connectivity index (χ0) is 37.5. The molecule has 5 atom stereocenters. The number of phosphoric ester groups is 1. The maximum Gasteiger partial charge on any atom is 0.330 e. The van der Waals surface area contributed by atoms with Crippen LogP contribution in [0, 0.1) is 0 Å². The Bertz CT molecular complexity index is 1200. The summed E-state index contributed by atoms with van der Waals surface area (Å²) in [7, 11) is -5.02. The highest BCUT2D eigenvalue weighted by Gasteiger charge is 2.58. The molecule has 2 N–H and O–H groups in total. The molecule has 0 amide bonds. The first-order valence-corrected chi connectivity index (χ1v) is 22.7. The van der Waals surface area contributed by atoms with Gasteiger partial charge in [0, 0.05) is 25.1 Å². The predicted molar refractivity (Wildman–Crippen MR) is 204 cm³/mol. The highest BCUT2D eigenvalue weighted by atomic mass is 31.2. The Hall–Kier alpha value is -1.33. The quantitative estimate of drug-likeness (QED) is 0.0541. The largest absolute Gasteiger partial charge is 0.756 e. The lowest BCUT2D eigenvalue weighted by Crippen LogP contribution is -2.38. The predicted octanol–water partition coefficient (Wildman–Crippen LogP) is 9.35. The molecule has 0 aromatic carbocycles. The van der Waals surface area contributed by atoms with Gasteiger partial charge < -0.3 is 28.5 Å². The second-order valence-electron chi connectivity index (χ2n) is 15.4. The molecule has 1 aromatic rings. The van der Waals surface area contributed by atoms with Gasteiger partial charge in [-0.3, -0.25) is 18.9 Å². The molecule has 0 spiro atoms. The van der Waals surface area contributed by atoms with Crippen molar-refractivity contribution in [2.45, 2.75) is 224 Å². The molecule has 12 heteroatoms. The highest BCUT2D eigenvalue weighted by Crippen LogP contribution is 2.47. The fraction of sp³-hybridized carbons (Fsp3) is 0.900. The van der Waals surface area contributed by atoms with E-state index in [1.807, 2.05) is 0 Å². The summed E-state index contributed by atoms with van der Waals surface area (Å²) in [5.74, 6) is -0.905. The lowest BCUT2D eigenvalue weighted by molar-refractivity contribution is -0.236. The van der Waals surface area contributed by atoms with Gasteiger partial charge in [0.25, 0.3) is 13.4 Å². The van der Waals surface area contributed by atoms with Gasteiger partial charge in [0.05, 0.1) is 6.61 Å². The minimum absolute atomic E-state index is 0.482. The number of aromatic nitrogens is 2. The fourth-order valence-electron chi connectivity index (χ4n) is 7.84. The van der Waals surface area contributed by atoms with Gasteiger partial charge in [0.2, 0.25) is 0 Å². The van der Waals surface area contributed by atoms with E-state index in [1.165, 1.54) is 145 Å². The van der Waals surface area contributed by atoms with Crippen LogP contribution in [0.25, 0.3) is 0 Å². The first-order valence-electron chi connectivity index (χ1n) is 21.2. The molecule has 52 heavy (non-hydrogen) atoms. The Labute approximate surface area is 313 Å². The molecule has 0 aliphatic carbocycles. The van der Waals surface area contributed by atoms with Gasteiger partial charge >= 0.3 is 5.69 Å². The zero-order valence-corrected chi connectivity index (χ0v) is 33.5. The highest BCUT2D eigenvalue weighted by molar-refractivity contribution is 7.44. The molecule has 0 bridgehead atoms. The molecule has 2 fully saturated rings. The number of nitrogens with zero attached hydrogens (tertiary/aromatic N) is 1. The van der Waals surface area contributed by atoms with Crippen LogP contribution in [0.15, 0.2) is 21.9 Å². The van der Waals surface area contributed by atoms with Crippen molar-refractivity contribution in [2.75, 3.05) is 6.61 Å². The molecular formula is C40H72N2O9P-. The number of aromatic amines is 1. The lowest BCUT2D eigenvalue weighted by atomic mass is 9.98. The maximum absolute atomic E-state index is 12.8. The molecule has 0 radical (unpaired) electrons. The number of ether oxygens (including phenoxy) is 3. The van der Waals surface area contributed by atoms with Gasteiger partial charge in [-0.2, -0.15) is 0 Å². The van der Waals surface area contributed by atoms with Crippen molar-refractivity contribution in [3.05, 3.63) is 33.1 Å². The fourth-order valence-corrected chi connectivity index (χ4v) is 8.17. The molecule has 3 heterocycles. The average molecular weight is 756 g/mol. The lowest BCUT2D eigenvalue weighted by Gasteiger charge is -2.32. The summed E-state index contributed by atoms with van der Waals surface area (Å²) in [6.45, 7) is 4.03. The molecule has 2 saturated heterocycles. The van der Waals surface area contributed by atoms with Gasteiger partial charge in [-0.1, -0.05) is 168 Å². The third kappa shape index (κ3) is 17.4. The van der Waals surface area contributed by atoms with E-state index in [9.17, 15) is 23.9 Å². The smallest absolute Gasteiger partial charge is 0.330 e. The van der Waals surface area contributed by atoms with Gasteiger partial charge in [-0.05, 0) is 12.8 Å². The topological polar surface area (TPSA) is 152 Å². The van der Waals surface area contributed by atoms with Crippen LogP contribution in [0.2, 0.25) is 0 Å². The Morgan fingerprint density at radius 1 is 0.712 bits per heavy atom. The van der Waals surface area contributed by atoms with E-state index in [1.54, 1.807) is 0 Å². The van der Waals surface area contributed by atoms with Crippen molar-refractivity contribution in [1.29, 1.82) is 0 Å². The minimum atomic E-state index is -5.02. The van der Waals surface area contributed by atoms with Crippen LogP contribution >= 0.6 is 7.82 Å². The third-order valence-electron chi connectivity index (χ3n) is 10.8. The first kappa shape index (κ1) is 45.1. The van der Waals surface area contributed by atoms with E-state index in [0.717, 1.165) is 38.5 Å². The number of nitrogens with one attached hydrogen (secondary N) is 1. The number of unbranched alkanes of at least 4 members (excludes halogenated alkanes) is 24. The van der Waals surface area contributed by atoms with Gasteiger partial charge in [-0.25, -0.2) is 4.79 Å². The summed E-state index contributed by atoms with van der Waals surface area (Å²) in [5.41, 5.74) is -1.20. The Balaban J connectivity index is 1.53. The summed E-state index contributed by atoms with van der Waals surface area (Å²) in [6.07, 6.45) is 32.0. The number of fused-ring (bicyclic) bond motifs is 1. The minimum Gasteiger partial charge on any atom is -0.756 e. The molecule has 3 rings (SSSR count). The number of phosphoric acid groups is 1. The van der Waals surface area contributed by atoms with Crippen LogP contribution in [0.5, 0.6) is 0 Å². The van der Waals surface area contributed by atoms with E-state index < -0.39 is 56.0 Å². The summed E-state index contributed by atoms with van der Waals surface area (Å²) in [5, 5.41) is 0. The van der Waals surface area contributed by atoms with Crippen LogP contribution in [0.1, 0.15) is 200 Å². The van der Waals surface area contributed by atoms with Crippen molar-refractivity contribution in [2.24, 2.45) is 0 Å². The standard InChI is InChI=1S/C40H73N2O9P/c1-3-5-7-9-11-13-15-17-19-21-23-25-27-30-40(31-28-26-24-22-20-18-16-14-12-10-8-6-4-2)50-36-34(33-48-52(45,46)47)49-38(37(36)51-40)42-32-29-35(43)41-39(42)44/h29,32,34,36-38H,3-28,30-31,33H2,1-2H3,(H,41,43,44)(H2,45,46,47)/p-1. The first-order chi connectivity index (χ1) is 25.2. The Morgan fingerprint density at radius 2 is 1.12 bits per heavy atom. The van der Waals surface area contributed by atoms with Crippen LogP contribution in [-0.4, -0.2) is 45.2 Å². The van der Waals surface area contributed by atoms with Crippen molar-refractivity contribution < 1.29 is 33.1 Å². The molecule has 1 aromatic heterocycles. The Kier molecular flexibility index (Phi) is 22.3. The summed E-state index contributed by atoms with van der Waals surface area (Å²) in [4.78, 5) is 47.6. The van der Waals surface area contributed by atoms with E-state index in [4.69, 9.17) is 18.7 Å². The second kappa shape index (κ2) is 25.7. The normalized spacial score (nSPS) is 22.2. The van der Waals surface area contributed by atoms with Crippen LogP contribution in [0.3, 0.4) is 0 Å². The van der Waals surface area contributed by atoms with Crippen molar-refractivity contribution in [3.63, 3.8) is 0 Å². The number of H-pyrrole nitrogens is 1. The molecule has 302 valence electrons. The van der Waals surface area contributed by atoms with Crippen LogP contribution < -0.4 is 16.1 Å². The third-order valence-corrected chi connectivity index (χ3v) is 11.3. The van der Waals surface area contributed by atoms with Crippen molar-refractivity contribution >= 4 is 7.82 Å². The zero-order valence-electron chi connectivity index (χ0n) is 32.6. The summed E-state index contributed by atoms with van der Waals surface area (Å²) in [6, 6.07) is 1.23. The Morgan fingerprint density at radius 3 is 1.52 bits per heavy atom. The average Bonchev–Trinajstić information content (AvgIpc) is 3.63. The van der Waals surface area contributed by atoms with Gasteiger partial charge in [0.15, 0.2) is 12.0 Å². The number of hydrogen-bond donors (Lipinski definition) is 2. The van der Waals surface area contributed by atoms with E-state index in [2.05, 4.69) is 18.8 Å². The van der Waals surface area contributed by atoms with Crippen LogP contribution in [-0.2, 0) is 23.3 Å². The van der Waals surface area contributed by atoms with E-state index >= 15 is 0 Å². The van der Waals surface area contributed by atoms with E-state index in [-0.39, 0.29) is 0 Å². The molecule has 5 unspecified atom stereocenters. The molecule has 2 aliphatic heterocycles. The molecule has 11 nitrogen and oxygen atoms in total. The second-order valence-corrected chi connectivity index (χ2v) is 16.6. The summed E-state index contributed by atoms with van der Waals surface area (Å²) < 4.78 is 37.0. The molecular weight excluding hydrogens is 683 g/mol. The SMILES string of the molecule is CCCCCCCCCCCCCCCC1(CCCCCCCCCCCCCCC)OC2C(COP(=O)([O-])O)OC(n3ccc(=O)[nH]c3=O)C2O1. The molecule has 2 aliphatic rings. The monoisotopic (exact) mass is 755 g/mol. The number of hydrogen-bond acceptors (Lipinski definition) is 8. The van der Waals surface area contributed by atoms with Crippen molar-refractivity contribution in [1.82, 2.24) is 9.55 Å². The molecule has 0 saturated carbocycles. The van der Waals surface area contributed by atoms with Gasteiger partial charge in [0.1, 0.15) is 18.3 Å². The maximum atomic E-state index is 12.8. The van der Waals surface area contributed by atoms with E-state index in [0.29, 0.717) is 12.8 Å². The van der Waals surface area contributed by atoms with Crippen LogP contribution in [0.4, 0.5) is 0 Å². The van der Waals surface area contributed by atoms with Crippen molar-refractivity contribution in [3.8, 4) is 0 Å². The number of rotatable bonds is 32. The summed E-state index contributed by atoms with van der Waals surface area (Å²) >= 11 is 0. The van der Waals surface area contributed by atoms with Gasteiger partial charge in [-0.15, -0.1) is 0 Å².